The van der Waals surface area contributed by atoms with E-state index < -0.39 is 9.84 Å². The van der Waals surface area contributed by atoms with Gasteiger partial charge in [-0.25, -0.2) is 13.4 Å². The summed E-state index contributed by atoms with van der Waals surface area (Å²) in [4.78, 5) is 4.27. The van der Waals surface area contributed by atoms with Crippen molar-refractivity contribution in [2.45, 2.75) is 23.8 Å². The predicted octanol–water partition coefficient (Wildman–Crippen LogP) is 2.99. The van der Waals surface area contributed by atoms with Gasteiger partial charge in [-0.1, -0.05) is 42.1 Å². The molecule has 0 saturated carbocycles. The number of benzene rings is 1. The normalized spacial score (nSPS) is 19.0. The monoisotopic (exact) mass is 391 g/mol. The summed E-state index contributed by atoms with van der Waals surface area (Å²) in [6.07, 6.45) is 2.86. The Labute approximate surface area is 155 Å². The van der Waals surface area contributed by atoms with Gasteiger partial charge in [0.25, 0.3) is 5.22 Å². The molecule has 0 N–H and O–H groups in total. The molecular formula is C17H17N3O4S2. The molecule has 9 heteroatoms. The fraction of sp³-hybridized carbons (Fsp3) is 0.353. The summed E-state index contributed by atoms with van der Waals surface area (Å²) in [6.45, 7) is 0. The molecule has 1 saturated heterocycles. The third-order valence-electron chi connectivity index (χ3n) is 4.17. The van der Waals surface area contributed by atoms with Gasteiger partial charge < -0.3 is 8.83 Å². The Morgan fingerprint density at radius 1 is 1.12 bits per heavy atom. The van der Waals surface area contributed by atoms with E-state index in [0.717, 1.165) is 11.3 Å². The predicted molar refractivity (Wildman–Crippen MR) is 96.3 cm³/mol. The molecule has 0 radical (unpaired) electrons. The Balaban J connectivity index is 1.33. The number of sulfone groups is 1. The lowest BCUT2D eigenvalue weighted by Crippen LogP contribution is -2.07. The molecule has 1 aliphatic rings. The first-order chi connectivity index (χ1) is 12.6. The van der Waals surface area contributed by atoms with E-state index in [0.29, 0.717) is 35.6 Å². The Bertz CT molecular complexity index is 982. The molecule has 3 aromatic rings. The number of thioether (sulfide) groups is 1. The van der Waals surface area contributed by atoms with Crippen molar-refractivity contribution >= 4 is 21.6 Å². The van der Waals surface area contributed by atoms with Crippen LogP contribution in [0, 0.1) is 5.92 Å². The van der Waals surface area contributed by atoms with Crippen LogP contribution in [0.25, 0.3) is 11.3 Å². The van der Waals surface area contributed by atoms with E-state index in [2.05, 4.69) is 15.2 Å². The zero-order chi connectivity index (χ0) is 18.0. The van der Waals surface area contributed by atoms with Crippen LogP contribution in [0.2, 0.25) is 0 Å². The molecule has 7 nitrogen and oxygen atoms in total. The van der Waals surface area contributed by atoms with Gasteiger partial charge in [0, 0.05) is 12.0 Å². The molecular weight excluding hydrogens is 374 g/mol. The van der Waals surface area contributed by atoms with E-state index in [9.17, 15) is 8.42 Å². The molecule has 26 heavy (non-hydrogen) atoms. The Kier molecular flexibility index (Phi) is 4.82. The van der Waals surface area contributed by atoms with Gasteiger partial charge in [-0.05, 0) is 12.3 Å². The van der Waals surface area contributed by atoms with Gasteiger partial charge in [-0.2, -0.15) is 0 Å². The van der Waals surface area contributed by atoms with Gasteiger partial charge in [0.05, 0.1) is 23.5 Å². The third-order valence-corrected chi connectivity index (χ3v) is 6.81. The van der Waals surface area contributed by atoms with Crippen molar-refractivity contribution in [2.24, 2.45) is 5.92 Å². The van der Waals surface area contributed by atoms with Gasteiger partial charge in [0.1, 0.15) is 0 Å². The molecule has 0 aliphatic carbocycles. The summed E-state index contributed by atoms with van der Waals surface area (Å²) in [5.74, 6) is 2.78. The highest BCUT2D eigenvalue weighted by molar-refractivity contribution is 7.98. The van der Waals surface area contributed by atoms with Crippen molar-refractivity contribution in [3.05, 3.63) is 48.3 Å². The average molecular weight is 391 g/mol. The molecule has 0 amide bonds. The first kappa shape index (κ1) is 17.3. The summed E-state index contributed by atoms with van der Waals surface area (Å²) >= 11 is 1.35. The van der Waals surface area contributed by atoms with Crippen molar-refractivity contribution in [1.82, 2.24) is 15.2 Å². The Hall–Kier alpha value is -2.13. The second kappa shape index (κ2) is 7.24. The molecule has 1 aliphatic heterocycles. The van der Waals surface area contributed by atoms with Crippen LogP contribution in [0.1, 0.15) is 18.2 Å². The molecule has 4 rings (SSSR count). The lowest BCUT2D eigenvalue weighted by molar-refractivity contribution is 0.389. The standard InChI is InChI=1S/C17H17N3O4S2/c21-26(22)7-6-12(11-26)8-15-19-20-17(24-15)25-10-16-18-9-14(23-16)13-4-2-1-3-5-13/h1-5,9,12H,6-8,10-11H2/t12-/m1/s1. The van der Waals surface area contributed by atoms with Crippen molar-refractivity contribution in [3.63, 3.8) is 0 Å². The topological polar surface area (TPSA) is 99.1 Å². The SMILES string of the molecule is O=S1(=O)CC[C@H](Cc2nnc(SCc3ncc(-c4ccccc4)o3)o2)C1. The van der Waals surface area contributed by atoms with E-state index in [4.69, 9.17) is 8.83 Å². The fourth-order valence-electron chi connectivity index (χ4n) is 2.90. The van der Waals surface area contributed by atoms with Crippen LogP contribution in [-0.4, -0.2) is 35.1 Å². The molecule has 0 unspecified atom stereocenters. The highest BCUT2D eigenvalue weighted by Crippen LogP contribution is 2.27. The molecule has 136 valence electrons. The third kappa shape index (κ3) is 4.16. The van der Waals surface area contributed by atoms with Crippen molar-refractivity contribution in [2.75, 3.05) is 11.5 Å². The number of hydrogen-bond acceptors (Lipinski definition) is 8. The van der Waals surface area contributed by atoms with Crippen LogP contribution in [-0.2, 0) is 22.0 Å². The van der Waals surface area contributed by atoms with Gasteiger partial charge in [0.2, 0.25) is 11.8 Å². The quantitative estimate of drug-likeness (QED) is 0.591. The Morgan fingerprint density at radius 2 is 1.96 bits per heavy atom. The maximum atomic E-state index is 11.5. The minimum absolute atomic E-state index is 0.0680. The van der Waals surface area contributed by atoms with E-state index in [1.54, 1.807) is 6.20 Å². The lowest BCUT2D eigenvalue weighted by atomic mass is 10.1. The molecule has 0 bridgehead atoms. The van der Waals surface area contributed by atoms with E-state index >= 15 is 0 Å². The summed E-state index contributed by atoms with van der Waals surface area (Å²) in [5.41, 5.74) is 0.975. The van der Waals surface area contributed by atoms with E-state index in [1.807, 2.05) is 30.3 Å². The van der Waals surface area contributed by atoms with Crippen molar-refractivity contribution in [3.8, 4) is 11.3 Å². The zero-order valence-electron chi connectivity index (χ0n) is 13.9. The second-order valence-corrected chi connectivity index (χ2v) is 9.36. The second-order valence-electron chi connectivity index (χ2n) is 6.21. The minimum Gasteiger partial charge on any atom is -0.440 e. The van der Waals surface area contributed by atoms with Crippen LogP contribution < -0.4 is 0 Å². The number of oxazole rings is 1. The highest BCUT2D eigenvalue weighted by atomic mass is 32.2. The van der Waals surface area contributed by atoms with Crippen LogP contribution in [0.5, 0.6) is 0 Å². The number of rotatable bonds is 6. The van der Waals surface area contributed by atoms with Crippen LogP contribution in [0.3, 0.4) is 0 Å². The average Bonchev–Trinajstić information content (AvgIpc) is 3.34. The van der Waals surface area contributed by atoms with E-state index in [1.165, 1.54) is 11.8 Å². The highest BCUT2D eigenvalue weighted by Gasteiger charge is 2.29. The molecule has 2 aromatic heterocycles. The number of aromatic nitrogens is 3. The molecule has 1 aromatic carbocycles. The Morgan fingerprint density at radius 3 is 2.73 bits per heavy atom. The number of hydrogen-bond donors (Lipinski definition) is 0. The molecule has 3 heterocycles. The smallest absolute Gasteiger partial charge is 0.277 e. The zero-order valence-corrected chi connectivity index (χ0v) is 15.5. The minimum atomic E-state index is -2.89. The fourth-order valence-corrected chi connectivity index (χ4v) is 5.39. The number of nitrogens with zero attached hydrogens (tertiary/aromatic N) is 3. The maximum Gasteiger partial charge on any atom is 0.277 e. The maximum absolute atomic E-state index is 11.5. The first-order valence-corrected chi connectivity index (χ1v) is 11.0. The van der Waals surface area contributed by atoms with Crippen LogP contribution in [0.4, 0.5) is 0 Å². The van der Waals surface area contributed by atoms with Gasteiger partial charge in [-0.15, -0.1) is 10.2 Å². The summed E-state index contributed by atoms with van der Waals surface area (Å²) < 4.78 is 34.4. The van der Waals surface area contributed by atoms with Crippen LogP contribution >= 0.6 is 11.8 Å². The molecule has 0 spiro atoms. The van der Waals surface area contributed by atoms with Gasteiger partial charge >= 0.3 is 0 Å². The summed E-state index contributed by atoms with van der Waals surface area (Å²) in [7, 11) is -2.89. The summed E-state index contributed by atoms with van der Waals surface area (Å²) in [6, 6.07) is 9.77. The van der Waals surface area contributed by atoms with Crippen molar-refractivity contribution in [1.29, 1.82) is 0 Å². The lowest BCUT2D eigenvalue weighted by Gasteiger charge is -2.01. The summed E-state index contributed by atoms with van der Waals surface area (Å²) in [5, 5.41) is 8.44. The molecule has 1 atom stereocenters. The largest absolute Gasteiger partial charge is 0.440 e. The first-order valence-electron chi connectivity index (χ1n) is 8.23. The van der Waals surface area contributed by atoms with E-state index in [-0.39, 0.29) is 17.4 Å². The van der Waals surface area contributed by atoms with Gasteiger partial charge in [0.15, 0.2) is 15.6 Å². The van der Waals surface area contributed by atoms with Crippen LogP contribution in [0.15, 0.2) is 50.6 Å². The van der Waals surface area contributed by atoms with Crippen molar-refractivity contribution < 1.29 is 17.3 Å². The van der Waals surface area contributed by atoms with Gasteiger partial charge in [-0.3, -0.25) is 0 Å². The molecule has 1 fully saturated rings.